The van der Waals surface area contributed by atoms with Crippen molar-refractivity contribution >= 4 is 16.8 Å². The second kappa shape index (κ2) is 4.74. The quantitative estimate of drug-likeness (QED) is 0.881. The Kier molecular flexibility index (Phi) is 3.80. The molecule has 0 aliphatic carbocycles. The van der Waals surface area contributed by atoms with E-state index in [0.717, 1.165) is 0 Å². The first-order valence-corrected chi connectivity index (χ1v) is 6.03. The number of rotatable bonds is 4. The Balaban J connectivity index is 2.89. The maximum Gasteiger partial charge on any atom is 0.310 e. The average molecular weight is 244 g/mol. The third-order valence-corrected chi connectivity index (χ3v) is 3.96. The normalized spacial score (nSPS) is 13.4. The van der Waals surface area contributed by atoms with Crippen molar-refractivity contribution in [3.05, 3.63) is 30.1 Å². The van der Waals surface area contributed by atoms with Crippen molar-refractivity contribution in [1.82, 2.24) is 0 Å². The predicted molar refractivity (Wildman–Crippen MR) is 59.1 cm³/mol. The van der Waals surface area contributed by atoms with Crippen molar-refractivity contribution < 1.29 is 18.5 Å². The van der Waals surface area contributed by atoms with Crippen molar-refractivity contribution in [3.63, 3.8) is 0 Å². The van der Waals surface area contributed by atoms with Crippen molar-refractivity contribution in [3.8, 4) is 0 Å². The molecule has 5 heteroatoms. The molecule has 88 valence electrons. The van der Waals surface area contributed by atoms with E-state index >= 15 is 0 Å². The summed E-state index contributed by atoms with van der Waals surface area (Å²) in [6.45, 7) is 2.93. The van der Waals surface area contributed by atoms with Gasteiger partial charge in [-0.25, -0.2) is 4.39 Å². The highest BCUT2D eigenvalue weighted by Crippen LogP contribution is 2.21. The van der Waals surface area contributed by atoms with E-state index in [1.54, 1.807) is 6.07 Å². The highest BCUT2D eigenvalue weighted by Gasteiger charge is 2.30. The fourth-order valence-electron chi connectivity index (χ4n) is 1.10. The maximum absolute atomic E-state index is 13.3. The SMILES string of the molecule is CC(C)(CS(=O)c1ccccc1F)C(=O)O. The summed E-state index contributed by atoms with van der Waals surface area (Å²) in [4.78, 5) is 10.9. The molecule has 1 rings (SSSR count). The minimum Gasteiger partial charge on any atom is -0.481 e. The van der Waals surface area contributed by atoms with Gasteiger partial charge in [-0.05, 0) is 26.0 Å². The first kappa shape index (κ1) is 12.8. The first-order chi connectivity index (χ1) is 7.34. The van der Waals surface area contributed by atoms with E-state index in [0.29, 0.717) is 0 Å². The maximum atomic E-state index is 13.3. The van der Waals surface area contributed by atoms with Crippen LogP contribution >= 0.6 is 0 Å². The first-order valence-electron chi connectivity index (χ1n) is 4.71. The lowest BCUT2D eigenvalue weighted by Crippen LogP contribution is -2.30. The van der Waals surface area contributed by atoms with Crippen LogP contribution in [0.3, 0.4) is 0 Å². The number of carboxylic acid groups (broad SMARTS) is 1. The van der Waals surface area contributed by atoms with E-state index < -0.39 is 28.0 Å². The van der Waals surface area contributed by atoms with Crippen molar-refractivity contribution in [1.29, 1.82) is 0 Å². The molecule has 0 saturated carbocycles. The van der Waals surface area contributed by atoms with Gasteiger partial charge in [-0.3, -0.25) is 9.00 Å². The summed E-state index contributed by atoms with van der Waals surface area (Å²) in [6.07, 6.45) is 0. The molecule has 0 aliphatic heterocycles. The minimum absolute atomic E-state index is 0.0526. The minimum atomic E-state index is -1.64. The molecule has 0 bridgehead atoms. The largest absolute Gasteiger partial charge is 0.481 e. The van der Waals surface area contributed by atoms with Crippen LogP contribution in [0.2, 0.25) is 0 Å². The van der Waals surface area contributed by atoms with Gasteiger partial charge >= 0.3 is 5.97 Å². The lowest BCUT2D eigenvalue weighted by molar-refractivity contribution is -0.145. The Morgan fingerprint density at radius 3 is 2.50 bits per heavy atom. The van der Waals surface area contributed by atoms with Gasteiger partial charge in [0.15, 0.2) is 0 Å². The van der Waals surface area contributed by atoms with Gasteiger partial charge in [0.1, 0.15) is 5.82 Å². The van der Waals surface area contributed by atoms with Gasteiger partial charge < -0.3 is 5.11 Å². The van der Waals surface area contributed by atoms with Crippen LogP contribution in [-0.2, 0) is 15.6 Å². The molecule has 0 saturated heterocycles. The molecule has 1 N–H and O–H groups in total. The summed E-state index contributed by atoms with van der Waals surface area (Å²) < 4.78 is 25.1. The summed E-state index contributed by atoms with van der Waals surface area (Å²) >= 11 is 0. The van der Waals surface area contributed by atoms with E-state index in [1.165, 1.54) is 32.0 Å². The predicted octanol–water partition coefficient (Wildman–Crippen LogP) is 2.04. The molecule has 3 nitrogen and oxygen atoms in total. The number of hydrogen-bond donors (Lipinski definition) is 1. The molecular formula is C11H13FO3S. The fourth-order valence-corrected chi connectivity index (χ4v) is 2.55. The molecule has 0 fully saturated rings. The summed E-state index contributed by atoms with van der Waals surface area (Å²) in [7, 11) is -1.64. The molecule has 0 radical (unpaired) electrons. The molecule has 1 aromatic carbocycles. The van der Waals surface area contributed by atoms with Crippen LogP contribution in [0.1, 0.15) is 13.8 Å². The average Bonchev–Trinajstić information content (AvgIpc) is 2.17. The third-order valence-electron chi connectivity index (χ3n) is 2.15. The molecule has 0 aliphatic rings. The number of halogens is 1. The topological polar surface area (TPSA) is 54.4 Å². The van der Waals surface area contributed by atoms with Crippen LogP contribution < -0.4 is 0 Å². The van der Waals surface area contributed by atoms with Crippen LogP contribution in [0, 0.1) is 11.2 Å². The molecule has 0 aromatic heterocycles. The van der Waals surface area contributed by atoms with Gasteiger partial charge in [0, 0.05) is 5.75 Å². The second-order valence-corrected chi connectivity index (χ2v) is 5.53. The van der Waals surface area contributed by atoms with E-state index in [2.05, 4.69) is 0 Å². The summed E-state index contributed by atoms with van der Waals surface area (Å²) in [5.41, 5.74) is -1.13. The molecule has 16 heavy (non-hydrogen) atoms. The third kappa shape index (κ3) is 2.88. The molecule has 1 atom stereocenters. The lowest BCUT2D eigenvalue weighted by atomic mass is 9.97. The van der Waals surface area contributed by atoms with Crippen LogP contribution in [-0.4, -0.2) is 21.0 Å². The van der Waals surface area contributed by atoms with Gasteiger partial charge in [0.05, 0.1) is 21.1 Å². The number of aliphatic carboxylic acids is 1. The van der Waals surface area contributed by atoms with E-state index in [4.69, 9.17) is 5.11 Å². The van der Waals surface area contributed by atoms with Gasteiger partial charge in [-0.15, -0.1) is 0 Å². The lowest BCUT2D eigenvalue weighted by Gasteiger charge is -2.18. The van der Waals surface area contributed by atoms with Gasteiger partial charge in [0.2, 0.25) is 0 Å². The fraction of sp³-hybridized carbons (Fsp3) is 0.364. The van der Waals surface area contributed by atoms with Gasteiger partial charge in [-0.2, -0.15) is 0 Å². The molecule has 1 aromatic rings. The van der Waals surface area contributed by atoms with E-state index in [-0.39, 0.29) is 10.6 Å². The number of carbonyl (C=O) groups is 1. The Bertz CT molecular complexity index is 429. The molecular weight excluding hydrogens is 231 g/mol. The van der Waals surface area contributed by atoms with Crippen molar-refractivity contribution in [2.24, 2.45) is 5.41 Å². The van der Waals surface area contributed by atoms with Gasteiger partial charge in [0.25, 0.3) is 0 Å². The zero-order chi connectivity index (χ0) is 12.3. The number of carboxylic acids is 1. The van der Waals surface area contributed by atoms with Crippen molar-refractivity contribution in [2.45, 2.75) is 18.7 Å². The standard InChI is InChI=1S/C11H13FO3S/c1-11(2,10(13)14)7-16(15)9-6-4-3-5-8(9)12/h3-6H,7H2,1-2H3,(H,13,14). The molecule has 0 heterocycles. The zero-order valence-corrected chi connectivity index (χ0v) is 9.88. The molecule has 0 amide bonds. The second-order valence-electron chi connectivity index (χ2n) is 4.11. The molecule has 0 spiro atoms. The highest BCUT2D eigenvalue weighted by molar-refractivity contribution is 7.85. The number of hydrogen-bond acceptors (Lipinski definition) is 2. The Labute approximate surface area is 95.8 Å². The summed E-state index contributed by atoms with van der Waals surface area (Å²) in [5, 5.41) is 8.88. The number of benzene rings is 1. The molecule has 1 unspecified atom stereocenters. The van der Waals surface area contributed by atoms with Crippen LogP contribution in [0.25, 0.3) is 0 Å². The van der Waals surface area contributed by atoms with Crippen molar-refractivity contribution in [2.75, 3.05) is 5.75 Å². The van der Waals surface area contributed by atoms with Gasteiger partial charge in [-0.1, -0.05) is 12.1 Å². The summed E-state index contributed by atoms with van der Waals surface area (Å²) in [6, 6.07) is 5.69. The monoisotopic (exact) mass is 244 g/mol. The Morgan fingerprint density at radius 1 is 1.44 bits per heavy atom. The smallest absolute Gasteiger partial charge is 0.310 e. The van der Waals surface area contributed by atoms with Crippen LogP contribution in [0.5, 0.6) is 0 Å². The Hall–Kier alpha value is -1.23. The van der Waals surface area contributed by atoms with Crippen LogP contribution in [0.4, 0.5) is 4.39 Å². The van der Waals surface area contributed by atoms with E-state index in [1.807, 2.05) is 0 Å². The Morgan fingerprint density at radius 2 is 2.00 bits per heavy atom. The van der Waals surface area contributed by atoms with Crippen LogP contribution in [0.15, 0.2) is 29.2 Å². The zero-order valence-electron chi connectivity index (χ0n) is 9.07. The summed E-state index contributed by atoms with van der Waals surface area (Å²) in [5.74, 6) is -1.72. The highest BCUT2D eigenvalue weighted by atomic mass is 32.2. The van der Waals surface area contributed by atoms with E-state index in [9.17, 15) is 13.4 Å².